The van der Waals surface area contributed by atoms with E-state index in [4.69, 9.17) is 11.6 Å². The monoisotopic (exact) mass is 221 g/mol. The first-order chi connectivity index (χ1) is 6.61. The normalized spacial score (nSPS) is 10.4. The van der Waals surface area contributed by atoms with E-state index in [-0.39, 0.29) is 11.3 Å². The van der Waals surface area contributed by atoms with Gasteiger partial charge in [-0.25, -0.2) is 0 Å². The molecular weight excluding hydrogens is 208 g/mol. The lowest BCUT2D eigenvalue weighted by Crippen LogP contribution is -2.14. The molecule has 0 radical (unpaired) electrons. The van der Waals surface area contributed by atoms with Gasteiger partial charge in [0.2, 0.25) is 17.2 Å². The van der Waals surface area contributed by atoms with Gasteiger partial charge in [0.25, 0.3) is 0 Å². The van der Waals surface area contributed by atoms with Crippen LogP contribution in [0.2, 0.25) is 5.28 Å². The Hall–Kier alpha value is -1.10. The van der Waals surface area contributed by atoms with Crippen LogP contribution < -0.4 is 10.6 Å². The van der Waals surface area contributed by atoms with Crippen LogP contribution in [0.5, 0.6) is 0 Å². The Kier molecular flexibility index (Phi) is 3.88. The van der Waals surface area contributed by atoms with Crippen LogP contribution in [0, 0.1) is 0 Å². The molecule has 1 rings (SSSR count). The predicted molar refractivity (Wildman–Crippen MR) is 57.8 cm³/mol. The van der Waals surface area contributed by atoms with Gasteiger partial charge < -0.3 is 10.6 Å². The van der Waals surface area contributed by atoms with Gasteiger partial charge in [-0.1, -0.05) is 0 Å². The van der Waals surface area contributed by atoms with Crippen molar-refractivity contribution >= 4 is 23.5 Å². The van der Waals surface area contributed by atoms with Gasteiger partial charge in [-0.05, 0) is 32.4 Å². The summed E-state index contributed by atoms with van der Waals surface area (Å²) in [6, 6.07) is 0.267. The van der Waals surface area contributed by atoms with E-state index in [0.29, 0.717) is 11.9 Å². The van der Waals surface area contributed by atoms with Gasteiger partial charge in [-0.2, -0.15) is 15.0 Å². The average Bonchev–Trinajstić information content (AvgIpc) is 2.01. The van der Waals surface area contributed by atoms with Gasteiger partial charge in [0.05, 0.1) is 0 Å². The third-order valence-corrected chi connectivity index (χ3v) is 1.53. The molecule has 0 saturated heterocycles. The van der Waals surface area contributed by atoms with Crippen molar-refractivity contribution in [3.63, 3.8) is 0 Å². The highest BCUT2D eigenvalue weighted by molar-refractivity contribution is 6.28. The topological polar surface area (TPSA) is 62.7 Å². The lowest BCUT2D eigenvalue weighted by atomic mass is 10.4. The number of rotatable bonds is 4. The molecule has 78 valence electrons. The SMILES string of the molecule is CCN[13c]1[15n][13c](Cl)[15n][13c](NC(C)C)[15n]1. The van der Waals surface area contributed by atoms with E-state index in [1.165, 1.54) is 0 Å². The van der Waals surface area contributed by atoms with E-state index < -0.39 is 0 Å². The third kappa shape index (κ3) is 3.33. The molecule has 2 N–H and O–H groups in total. The van der Waals surface area contributed by atoms with Crippen LogP contribution in [0.3, 0.4) is 0 Å². The molecule has 0 aliphatic carbocycles. The Morgan fingerprint density at radius 2 is 1.86 bits per heavy atom. The Labute approximate surface area is 88.3 Å². The molecule has 0 atom stereocenters. The number of nitrogens with zero attached hydrogens (tertiary/aromatic N) is 3. The van der Waals surface area contributed by atoms with Crippen molar-refractivity contribution in [3.05, 3.63) is 5.28 Å². The summed E-state index contributed by atoms with van der Waals surface area (Å²) in [6.45, 7) is 6.73. The molecule has 1 heterocycles. The van der Waals surface area contributed by atoms with Gasteiger partial charge in [0.1, 0.15) is 0 Å². The highest BCUT2D eigenvalue weighted by atomic mass is 35.5. The standard InChI is InChI=1S/C8H14ClN5/c1-4-10-7-12-6(9)13-8(14-7)11-5(2)3/h5H,4H2,1-3H3,(H2,10,11,12,13,14)/i6+1,7+1,8+1,12+1,13+1,14+1. The molecule has 5 nitrogen and oxygen atoms in total. The highest BCUT2D eigenvalue weighted by Gasteiger charge is 2.04. The second kappa shape index (κ2) is 4.95. The summed E-state index contributed by atoms with van der Waals surface area (Å²) in [5.41, 5.74) is 0. The van der Waals surface area contributed by atoms with Crippen molar-refractivity contribution < 1.29 is 0 Å². The van der Waals surface area contributed by atoms with Gasteiger partial charge >= 0.3 is 0 Å². The fourth-order valence-corrected chi connectivity index (χ4v) is 1.07. The van der Waals surface area contributed by atoms with Crippen LogP contribution in [0.15, 0.2) is 0 Å². The lowest BCUT2D eigenvalue weighted by molar-refractivity contribution is 0.866. The van der Waals surface area contributed by atoms with E-state index in [1.54, 1.807) is 0 Å². The predicted octanol–water partition coefficient (Wildman–Crippen LogP) is 1.78. The molecule has 0 aliphatic rings. The van der Waals surface area contributed by atoms with Crippen LogP contribution in [0.25, 0.3) is 0 Å². The molecule has 0 unspecified atom stereocenters. The summed E-state index contributed by atoms with van der Waals surface area (Å²) < 4.78 is 0. The fraction of sp³-hybridized carbons (Fsp3) is 0.625. The smallest absolute Gasteiger partial charge is 0.228 e. The fourth-order valence-electron chi connectivity index (χ4n) is 0.910. The first kappa shape index (κ1) is 11.0. The number of aromatic nitrogens is 3. The minimum absolute atomic E-state index is 0.194. The van der Waals surface area contributed by atoms with Crippen molar-refractivity contribution in [2.75, 3.05) is 17.2 Å². The van der Waals surface area contributed by atoms with E-state index >= 15 is 0 Å². The summed E-state index contributed by atoms with van der Waals surface area (Å²) in [5.74, 6) is 0.992. The van der Waals surface area contributed by atoms with E-state index in [9.17, 15) is 0 Å². The Morgan fingerprint density at radius 3 is 2.43 bits per heavy atom. The zero-order chi connectivity index (χ0) is 10.6. The van der Waals surface area contributed by atoms with Crippen molar-refractivity contribution in [2.24, 2.45) is 0 Å². The summed E-state index contributed by atoms with van der Waals surface area (Å²) in [5, 5.41) is 6.23. The third-order valence-electron chi connectivity index (χ3n) is 1.36. The molecule has 14 heavy (non-hydrogen) atoms. The molecule has 1 aromatic heterocycles. The van der Waals surface area contributed by atoms with Crippen LogP contribution >= 0.6 is 11.6 Å². The van der Waals surface area contributed by atoms with Gasteiger partial charge in [0.15, 0.2) is 0 Å². The Bertz CT molecular complexity index is 302. The summed E-state index contributed by atoms with van der Waals surface area (Å²) in [4.78, 5) is 12.0. The molecule has 0 aromatic carbocycles. The summed E-state index contributed by atoms with van der Waals surface area (Å²) >= 11 is 5.73. The number of halogens is 1. The number of hydrogen-bond acceptors (Lipinski definition) is 5. The molecule has 0 aliphatic heterocycles. The van der Waals surface area contributed by atoms with Crippen LogP contribution in [-0.4, -0.2) is 27.5 Å². The van der Waals surface area contributed by atoms with Crippen molar-refractivity contribution in [1.29, 1.82) is 0 Å². The molecular formula is C8H14ClN5. The molecule has 1 aromatic rings. The summed E-state index contributed by atoms with van der Waals surface area (Å²) in [7, 11) is 0. The van der Waals surface area contributed by atoms with Gasteiger partial charge in [-0.15, -0.1) is 0 Å². The zero-order valence-corrected chi connectivity index (χ0v) is 9.26. The maximum Gasteiger partial charge on any atom is 0.228 e. The highest BCUT2D eigenvalue weighted by Crippen LogP contribution is 2.09. The maximum atomic E-state index is 5.73. The quantitative estimate of drug-likeness (QED) is 0.812. The minimum Gasteiger partial charge on any atom is -0.354 e. The number of hydrogen-bond donors (Lipinski definition) is 2. The van der Waals surface area contributed by atoms with E-state index in [0.717, 1.165) is 6.54 Å². The van der Waals surface area contributed by atoms with Crippen molar-refractivity contribution in [2.45, 2.75) is 26.8 Å². The first-order valence-corrected chi connectivity index (χ1v) is 4.91. The second-order valence-electron chi connectivity index (χ2n) is 3.08. The Morgan fingerprint density at radius 1 is 1.21 bits per heavy atom. The lowest BCUT2D eigenvalue weighted by Gasteiger charge is -2.09. The van der Waals surface area contributed by atoms with Crippen LogP contribution in [-0.2, 0) is 0 Å². The molecule has 0 fully saturated rings. The largest absolute Gasteiger partial charge is 0.354 e. The Balaban J connectivity index is 2.83. The molecule has 0 amide bonds. The number of anilines is 2. The maximum absolute atomic E-state index is 5.73. The van der Waals surface area contributed by atoms with E-state index in [2.05, 4.69) is 25.6 Å². The molecule has 0 saturated carbocycles. The van der Waals surface area contributed by atoms with Crippen LogP contribution in [0.1, 0.15) is 20.8 Å². The van der Waals surface area contributed by atoms with Gasteiger partial charge in [-0.3, -0.25) is 0 Å². The molecule has 0 bridgehead atoms. The first-order valence-electron chi connectivity index (χ1n) is 4.53. The minimum atomic E-state index is 0.194. The van der Waals surface area contributed by atoms with Gasteiger partial charge in [0, 0.05) is 12.6 Å². The molecule has 0 spiro atoms. The summed E-state index contributed by atoms with van der Waals surface area (Å²) in [6.07, 6.45) is 0. The van der Waals surface area contributed by atoms with E-state index in [1.807, 2.05) is 20.8 Å². The molecule has 6 heteroatoms. The van der Waals surface area contributed by atoms with Crippen molar-refractivity contribution in [3.8, 4) is 0 Å². The number of nitrogens with one attached hydrogen (secondary N) is 2. The second-order valence-corrected chi connectivity index (χ2v) is 3.42. The average molecular weight is 222 g/mol. The zero-order valence-electron chi connectivity index (χ0n) is 8.50. The van der Waals surface area contributed by atoms with Crippen LogP contribution in [0.4, 0.5) is 11.9 Å². The van der Waals surface area contributed by atoms with Crippen molar-refractivity contribution in [1.82, 2.24) is 15.0 Å².